The number of benzene rings is 2. The summed E-state index contributed by atoms with van der Waals surface area (Å²) in [7, 11) is -3.88. The molecule has 15 heteroatoms. The standard InChI is InChI=1S/C29H33N7O7S/c1-19(2)26-33-29(43-34-26)21-12-14-35(15-13-21)28-25(36(37)38)27(30-18-31-28)32-22-6-8-23(9-7-22)41-16-17-42-44(39,40)24-10-4-20(3)5-11-24/h4-11,18-19,21H,12-17H2,1-3H3,(H,30,31,32). The lowest BCUT2D eigenvalue weighted by Gasteiger charge is -2.30. The highest BCUT2D eigenvalue weighted by Crippen LogP contribution is 2.37. The van der Waals surface area contributed by atoms with E-state index in [2.05, 4.69) is 25.4 Å². The quantitative estimate of drug-likeness (QED) is 0.0954. The third-order valence-electron chi connectivity index (χ3n) is 7.12. The smallest absolute Gasteiger partial charge is 0.353 e. The van der Waals surface area contributed by atoms with Gasteiger partial charge >= 0.3 is 5.69 Å². The van der Waals surface area contributed by atoms with Gasteiger partial charge in [-0.15, -0.1) is 0 Å². The number of rotatable bonds is 12. The number of ether oxygens (including phenoxy) is 1. The molecule has 0 saturated carbocycles. The Hall–Kier alpha value is -4.63. The molecule has 14 nitrogen and oxygen atoms in total. The highest BCUT2D eigenvalue weighted by Gasteiger charge is 2.32. The van der Waals surface area contributed by atoms with Crippen LogP contribution in [-0.2, 0) is 14.3 Å². The lowest BCUT2D eigenvalue weighted by molar-refractivity contribution is -0.383. The van der Waals surface area contributed by atoms with Crippen LogP contribution in [0, 0.1) is 17.0 Å². The van der Waals surface area contributed by atoms with Crippen LogP contribution >= 0.6 is 0 Å². The van der Waals surface area contributed by atoms with Crippen molar-refractivity contribution in [2.45, 2.75) is 50.3 Å². The first-order chi connectivity index (χ1) is 21.1. The molecule has 232 valence electrons. The fourth-order valence-corrected chi connectivity index (χ4v) is 5.59. The zero-order valence-electron chi connectivity index (χ0n) is 24.5. The van der Waals surface area contributed by atoms with Crippen molar-refractivity contribution < 1.29 is 26.8 Å². The van der Waals surface area contributed by atoms with Crippen LogP contribution in [0.1, 0.15) is 55.8 Å². The van der Waals surface area contributed by atoms with Crippen LogP contribution in [0.4, 0.5) is 23.0 Å². The van der Waals surface area contributed by atoms with Gasteiger partial charge in [0.2, 0.25) is 17.5 Å². The van der Waals surface area contributed by atoms with Gasteiger partial charge in [-0.2, -0.15) is 13.4 Å². The normalized spacial score (nSPS) is 14.1. The summed E-state index contributed by atoms with van der Waals surface area (Å²) in [6, 6.07) is 13.0. The minimum Gasteiger partial charge on any atom is -0.491 e. The van der Waals surface area contributed by atoms with E-state index in [1.54, 1.807) is 36.4 Å². The summed E-state index contributed by atoms with van der Waals surface area (Å²) in [5.74, 6) is 2.27. The summed E-state index contributed by atoms with van der Waals surface area (Å²) in [4.78, 5) is 26.5. The second kappa shape index (κ2) is 13.3. The summed E-state index contributed by atoms with van der Waals surface area (Å²) in [6.45, 7) is 6.76. The number of nitrogens with zero attached hydrogens (tertiary/aromatic N) is 6. The van der Waals surface area contributed by atoms with E-state index in [0.717, 1.165) is 5.56 Å². The molecule has 3 heterocycles. The summed E-state index contributed by atoms with van der Waals surface area (Å²) in [5, 5.41) is 19.2. The highest BCUT2D eigenvalue weighted by molar-refractivity contribution is 7.86. The summed E-state index contributed by atoms with van der Waals surface area (Å²) in [6.07, 6.45) is 2.67. The molecule has 5 rings (SSSR count). The lowest BCUT2D eigenvalue weighted by atomic mass is 9.96. The van der Waals surface area contributed by atoms with Crippen LogP contribution in [0.5, 0.6) is 5.75 Å². The Morgan fingerprint density at radius 3 is 2.41 bits per heavy atom. The van der Waals surface area contributed by atoms with Gasteiger partial charge in [-0.1, -0.05) is 36.7 Å². The Labute approximate surface area is 254 Å². The van der Waals surface area contributed by atoms with Crippen molar-refractivity contribution in [3.8, 4) is 5.75 Å². The Bertz CT molecular complexity index is 1690. The fourth-order valence-electron chi connectivity index (χ4n) is 4.69. The van der Waals surface area contributed by atoms with Crippen LogP contribution in [-0.4, -0.2) is 59.8 Å². The third-order valence-corrected chi connectivity index (χ3v) is 8.45. The molecule has 0 amide bonds. The molecule has 44 heavy (non-hydrogen) atoms. The van der Waals surface area contributed by atoms with Gasteiger partial charge in [0.15, 0.2) is 5.82 Å². The third kappa shape index (κ3) is 7.29. The van der Waals surface area contributed by atoms with Gasteiger partial charge in [0, 0.05) is 30.6 Å². The molecule has 2 aromatic heterocycles. The summed E-state index contributed by atoms with van der Waals surface area (Å²) < 4.78 is 40.7. The summed E-state index contributed by atoms with van der Waals surface area (Å²) in [5.41, 5.74) is 1.26. The molecule has 4 aromatic rings. The van der Waals surface area contributed by atoms with Crippen LogP contribution in [0.3, 0.4) is 0 Å². The Morgan fingerprint density at radius 2 is 1.77 bits per heavy atom. The zero-order chi connectivity index (χ0) is 31.3. The number of nitro groups is 1. The second-order valence-electron chi connectivity index (χ2n) is 10.6. The molecular weight excluding hydrogens is 590 g/mol. The number of anilines is 3. The van der Waals surface area contributed by atoms with Crippen molar-refractivity contribution in [2.75, 3.05) is 36.5 Å². The van der Waals surface area contributed by atoms with Crippen molar-refractivity contribution >= 4 is 33.1 Å². The van der Waals surface area contributed by atoms with Crippen molar-refractivity contribution in [3.05, 3.63) is 82.3 Å². The first-order valence-electron chi connectivity index (χ1n) is 14.1. The summed E-state index contributed by atoms with van der Waals surface area (Å²) >= 11 is 0. The minimum atomic E-state index is -3.88. The topological polar surface area (TPSA) is 176 Å². The molecule has 1 fully saturated rings. The fraction of sp³-hybridized carbons (Fsp3) is 0.379. The van der Waals surface area contributed by atoms with Crippen molar-refractivity contribution in [3.63, 3.8) is 0 Å². The molecule has 2 aromatic carbocycles. The maximum Gasteiger partial charge on any atom is 0.353 e. The second-order valence-corrected chi connectivity index (χ2v) is 12.3. The maximum absolute atomic E-state index is 12.3. The Balaban J connectivity index is 1.18. The Kier molecular flexibility index (Phi) is 9.35. The van der Waals surface area contributed by atoms with Gasteiger partial charge in [-0.05, 0) is 56.2 Å². The van der Waals surface area contributed by atoms with Crippen molar-refractivity contribution in [1.82, 2.24) is 20.1 Å². The van der Waals surface area contributed by atoms with Crippen LogP contribution in [0.15, 0.2) is 64.3 Å². The SMILES string of the molecule is Cc1ccc(S(=O)(=O)OCCOc2ccc(Nc3ncnc(N4CCC(c5nc(C(C)C)no5)CC4)c3[N+](=O)[O-])cc2)cc1. The van der Waals surface area contributed by atoms with Gasteiger partial charge in [-0.3, -0.25) is 14.3 Å². The molecule has 1 N–H and O–H groups in total. The highest BCUT2D eigenvalue weighted by atomic mass is 32.2. The van der Waals surface area contributed by atoms with E-state index >= 15 is 0 Å². The number of hydrogen-bond acceptors (Lipinski definition) is 13. The first kappa shape index (κ1) is 30.8. The van der Waals surface area contributed by atoms with E-state index in [1.807, 2.05) is 25.7 Å². The zero-order valence-corrected chi connectivity index (χ0v) is 25.4. The average Bonchev–Trinajstić information content (AvgIpc) is 3.51. The largest absolute Gasteiger partial charge is 0.491 e. The average molecular weight is 624 g/mol. The molecule has 0 bridgehead atoms. The van der Waals surface area contributed by atoms with Gasteiger partial charge in [0.1, 0.15) is 25.3 Å². The van der Waals surface area contributed by atoms with Gasteiger partial charge < -0.3 is 19.5 Å². The molecule has 0 unspecified atom stereocenters. The number of piperidine rings is 1. The minimum absolute atomic E-state index is 0.000680. The molecule has 0 spiro atoms. The predicted octanol–water partition coefficient (Wildman–Crippen LogP) is 5.11. The van der Waals surface area contributed by atoms with Gasteiger partial charge in [0.05, 0.1) is 9.82 Å². The molecule has 1 aliphatic heterocycles. The van der Waals surface area contributed by atoms with E-state index in [-0.39, 0.29) is 47.3 Å². The van der Waals surface area contributed by atoms with Gasteiger partial charge in [-0.25, -0.2) is 9.97 Å². The van der Waals surface area contributed by atoms with Crippen LogP contribution in [0.25, 0.3) is 0 Å². The molecule has 1 saturated heterocycles. The van der Waals surface area contributed by atoms with E-state index in [9.17, 15) is 18.5 Å². The van der Waals surface area contributed by atoms with E-state index in [1.165, 1.54) is 18.5 Å². The molecule has 0 atom stereocenters. The monoisotopic (exact) mass is 623 g/mol. The predicted molar refractivity (Wildman–Crippen MR) is 161 cm³/mol. The van der Waals surface area contributed by atoms with Crippen LogP contribution in [0.2, 0.25) is 0 Å². The molecule has 0 aliphatic carbocycles. The van der Waals surface area contributed by atoms with Gasteiger partial charge in [0.25, 0.3) is 10.1 Å². The number of aryl methyl sites for hydroxylation is 1. The van der Waals surface area contributed by atoms with E-state index in [0.29, 0.717) is 49.1 Å². The van der Waals surface area contributed by atoms with E-state index in [4.69, 9.17) is 13.4 Å². The molecule has 0 radical (unpaired) electrons. The van der Waals surface area contributed by atoms with Crippen molar-refractivity contribution in [2.24, 2.45) is 0 Å². The number of nitrogens with one attached hydrogen (secondary N) is 1. The number of hydrogen-bond donors (Lipinski definition) is 1. The number of aromatic nitrogens is 4. The van der Waals surface area contributed by atoms with Crippen LogP contribution < -0.4 is 15.0 Å². The molecular formula is C29H33N7O7S. The maximum atomic E-state index is 12.3. The van der Waals surface area contributed by atoms with E-state index < -0.39 is 15.0 Å². The lowest BCUT2D eigenvalue weighted by Crippen LogP contribution is -2.34. The Morgan fingerprint density at radius 1 is 1.07 bits per heavy atom. The first-order valence-corrected chi connectivity index (χ1v) is 15.6. The van der Waals surface area contributed by atoms with Crippen molar-refractivity contribution in [1.29, 1.82) is 0 Å². The molecule has 1 aliphatic rings.